The molecule has 2 aromatic carbocycles. The van der Waals surface area contributed by atoms with Crippen molar-refractivity contribution in [2.24, 2.45) is 0 Å². The maximum Gasteiger partial charge on any atom is 0.200 e. The molecule has 204 valence electrons. The lowest BCUT2D eigenvalue weighted by molar-refractivity contribution is -0.104. The van der Waals surface area contributed by atoms with Crippen molar-refractivity contribution in [3.05, 3.63) is 41.0 Å². The largest absolute Gasteiger partial charge is 0.502 e. The Kier molecular flexibility index (Phi) is 10.3. The van der Waals surface area contributed by atoms with Crippen LogP contribution in [0.4, 0.5) is 0 Å². The first-order valence-electron chi connectivity index (χ1n) is 11.9. The van der Waals surface area contributed by atoms with Crippen LogP contribution < -0.4 is 18.9 Å². The van der Waals surface area contributed by atoms with Gasteiger partial charge in [0.1, 0.15) is 11.9 Å². The van der Waals surface area contributed by atoms with E-state index < -0.39 is 14.5 Å². The summed E-state index contributed by atoms with van der Waals surface area (Å²) in [6.45, 7) is 13.6. The summed E-state index contributed by atoms with van der Waals surface area (Å²) in [5.41, 5.74) is 2.55. The first-order valence-corrected chi connectivity index (χ1v) is 18.3. The van der Waals surface area contributed by atoms with Crippen LogP contribution in [-0.4, -0.2) is 90.6 Å². The first-order chi connectivity index (χ1) is 17.2. The fourth-order valence-corrected chi connectivity index (χ4v) is 8.44. The summed E-state index contributed by atoms with van der Waals surface area (Å²) >= 11 is 0. The molecule has 0 saturated heterocycles. The van der Waals surface area contributed by atoms with Gasteiger partial charge in [0.05, 0.1) is 34.1 Å². The van der Waals surface area contributed by atoms with Crippen LogP contribution in [-0.2, 0) is 4.79 Å². The zero-order valence-electron chi connectivity index (χ0n) is 23.7. The quantitative estimate of drug-likeness (QED) is 0.189. The zero-order chi connectivity index (χ0) is 28.1. The molecule has 2 aromatic rings. The Labute approximate surface area is 222 Å². The number of aldehydes is 1. The number of carbonyl (C=O) groups is 1. The van der Waals surface area contributed by atoms with Gasteiger partial charge < -0.3 is 29.2 Å². The number of carbonyl (C=O) groups excluding carboxylic acids is 1. The second-order valence-corrected chi connectivity index (χ2v) is 20.5. The molecule has 2 N–H and O–H groups in total. The van der Waals surface area contributed by atoms with Crippen molar-refractivity contribution in [1.82, 2.24) is 0 Å². The average molecular weight is 553 g/mol. The Morgan fingerprint density at radius 1 is 0.757 bits per heavy atom. The Balaban J connectivity index is 2.68. The average Bonchev–Trinajstić information content (AvgIpc) is 2.83. The Hall–Kier alpha value is -2.49. The molecule has 0 aliphatic carbocycles. The molecule has 0 spiro atoms. The minimum atomic E-state index is -1.58. The molecule has 0 heterocycles. The number of phenols is 2. The van der Waals surface area contributed by atoms with Gasteiger partial charge in [0.2, 0.25) is 11.5 Å². The zero-order valence-corrected chi connectivity index (χ0v) is 25.4. The van der Waals surface area contributed by atoms with Crippen LogP contribution in [0.3, 0.4) is 0 Å². The number of allylic oxidation sites excluding steroid dienone is 1. The summed E-state index contributed by atoms with van der Waals surface area (Å²) in [5.74, 6) is 1.18. The highest BCUT2D eigenvalue weighted by Crippen LogP contribution is 2.67. The molecule has 0 unspecified atom stereocenters. The van der Waals surface area contributed by atoms with Gasteiger partial charge in [-0.1, -0.05) is 0 Å². The van der Waals surface area contributed by atoms with Crippen LogP contribution in [0, 0.1) is 0 Å². The van der Waals surface area contributed by atoms with Crippen molar-refractivity contribution >= 4 is 26.9 Å². The summed E-state index contributed by atoms with van der Waals surface area (Å²) in [6.07, 6.45) is 3.56. The van der Waals surface area contributed by atoms with E-state index in [-0.39, 0.29) is 34.3 Å². The molecule has 0 aliphatic heterocycles. The summed E-state index contributed by atoms with van der Waals surface area (Å²) < 4.78 is 21.5. The van der Waals surface area contributed by atoms with Crippen molar-refractivity contribution < 1.29 is 34.0 Å². The summed E-state index contributed by atoms with van der Waals surface area (Å²) in [5, 5.41) is 20.8. The lowest BCUT2D eigenvalue weighted by atomic mass is 10.0. The van der Waals surface area contributed by atoms with Crippen LogP contribution in [0.25, 0.3) is 6.08 Å². The minimum Gasteiger partial charge on any atom is -0.502 e. The Morgan fingerprint density at radius 3 is 1.49 bits per heavy atom. The highest BCUT2D eigenvalue weighted by Gasteiger charge is 2.43. The lowest BCUT2D eigenvalue weighted by Crippen LogP contribution is -2.21. The molecule has 0 amide bonds. The fourth-order valence-electron chi connectivity index (χ4n) is 4.51. The molecule has 37 heavy (non-hydrogen) atoms. The predicted octanol–water partition coefficient (Wildman–Crippen LogP) is 6.03. The van der Waals surface area contributed by atoms with E-state index in [1.807, 2.05) is 18.2 Å². The number of ether oxygens (including phenoxy) is 4. The second kappa shape index (κ2) is 12.4. The summed E-state index contributed by atoms with van der Waals surface area (Å²) in [4.78, 5) is 12.6. The van der Waals surface area contributed by atoms with E-state index >= 15 is 0 Å². The van der Waals surface area contributed by atoms with Gasteiger partial charge in [-0.3, -0.25) is 4.79 Å². The third-order valence-electron chi connectivity index (χ3n) is 6.56. The predicted molar refractivity (Wildman–Crippen MR) is 157 cm³/mol. The maximum atomic E-state index is 12.6. The monoisotopic (exact) mass is 552 g/mol. The number of hydrogen-bond acceptors (Lipinski definition) is 7. The van der Waals surface area contributed by atoms with Gasteiger partial charge in [0.25, 0.3) is 0 Å². The summed E-state index contributed by atoms with van der Waals surface area (Å²) in [7, 11) is 2.92. The van der Waals surface area contributed by atoms with E-state index in [1.165, 1.54) is 28.4 Å². The minimum absolute atomic E-state index is 0.00538. The Morgan fingerprint density at radius 2 is 1.16 bits per heavy atom. The lowest BCUT2D eigenvalue weighted by Gasteiger charge is -2.32. The van der Waals surface area contributed by atoms with E-state index in [0.29, 0.717) is 22.6 Å². The van der Waals surface area contributed by atoms with Gasteiger partial charge in [0.15, 0.2) is 23.0 Å². The van der Waals surface area contributed by atoms with Gasteiger partial charge in [-0.25, -0.2) is 0 Å². The SMILES string of the molecule is COc1cc(/C=C(/C=O)[C@@H](C[C@H](c2cc(OC)c(O)c(OC)c2)[P+](C)(C)C)[P+](C)(C)C)cc(OC)c1O. The molecule has 2 atom stereocenters. The standard InChI is InChI=1S/C28H40O7P2/c1-32-21-12-18(13-22(33-2)27(21)30)11-20(17-29)26(37(8,9)10)16-25(36(5,6)7)19-14-23(34-3)28(31)24(15-19)35-4/h11-15,17,25-26H,16H2,1-10H3/p+2/t25-,26-/m1/s1. The van der Waals surface area contributed by atoms with Gasteiger partial charge in [0, 0.05) is 66.5 Å². The molecule has 2 rings (SSSR count). The number of benzene rings is 2. The van der Waals surface area contributed by atoms with Crippen LogP contribution in [0.1, 0.15) is 23.2 Å². The fraction of sp³-hybridized carbons (Fsp3) is 0.464. The van der Waals surface area contributed by atoms with E-state index in [1.54, 1.807) is 12.1 Å². The molecule has 0 bridgehead atoms. The molecule has 9 heteroatoms. The smallest absolute Gasteiger partial charge is 0.200 e. The number of rotatable bonds is 12. The van der Waals surface area contributed by atoms with Crippen LogP contribution >= 0.6 is 14.5 Å². The van der Waals surface area contributed by atoms with Gasteiger partial charge in [-0.15, -0.1) is 0 Å². The van der Waals surface area contributed by atoms with E-state index in [4.69, 9.17) is 18.9 Å². The molecule has 7 nitrogen and oxygen atoms in total. The second-order valence-electron chi connectivity index (χ2n) is 10.8. The van der Waals surface area contributed by atoms with Crippen molar-refractivity contribution in [3.8, 4) is 34.5 Å². The maximum absolute atomic E-state index is 12.6. The van der Waals surface area contributed by atoms with Crippen LogP contribution in [0.5, 0.6) is 34.5 Å². The molecule has 0 aliphatic rings. The van der Waals surface area contributed by atoms with Crippen LogP contribution in [0.15, 0.2) is 29.8 Å². The Bertz CT molecular complexity index is 1080. The number of phenolic OH excluding ortho intramolecular Hbond substituents is 2. The molecule has 0 saturated carbocycles. The van der Waals surface area contributed by atoms with Crippen molar-refractivity contribution in [2.45, 2.75) is 17.7 Å². The van der Waals surface area contributed by atoms with Gasteiger partial charge in [-0.2, -0.15) is 0 Å². The number of methoxy groups -OCH3 is 4. The van der Waals surface area contributed by atoms with Crippen molar-refractivity contribution in [3.63, 3.8) is 0 Å². The highest BCUT2D eigenvalue weighted by atomic mass is 31.2. The van der Waals surface area contributed by atoms with Gasteiger partial charge >= 0.3 is 0 Å². The van der Waals surface area contributed by atoms with E-state index in [2.05, 4.69) is 40.0 Å². The third-order valence-corrected chi connectivity index (χ3v) is 11.3. The van der Waals surface area contributed by atoms with Gasteiger partial charge in [-0.05, 0) is 41.5 Å². The van der Waals surface area contributed by atoms with E-state index in [0.717, 1.165) is 18.3 Å². The van der Waals surface area contributed by atoms with Crippen LogP contribution in [0.2, 0.25) is 0 Å². The normalized spacial score (nSPS) is 14.1. The number of aromatic hydroxyl groups is 2. The molecular formula is C28H42O7P2+2. The van der Waals surface area contributed by atoms with Crippen molar-refractivity contribution in [2.75, 3.05) is 68.4 Å². The van der Waals surface area contributed by atoms with Crippen molar-refractivity contribution in [1.29, 1.82) is 0 Å². The molecule has 0 aromatic heterocycles. The van der Waals surface area contributed by atoms with E-state index in [9.17, 15) is 15.0 Å². The summed E-state index contributed by atoms with van der Waals surface area (Å²) in [6, 6.07) is 7.16. The molecule has 0 radical (unpaired) electrons. The number of hydrogen-bond donors (Lipinski definition) is 2. The first kappa shape index (κ1) is 30.7. The third kappa shape index (κ3) is 7.30. The molecule has 0 fully saturated rings. The highest BCUT2D eigenvalue weighted by molar-refractivity contribution is 7.75. The topological polar surface area (TPSA) is 94.5 Å². The molecular weight excluding hydrogens is 510 g/mol.